The van der Waals surface area contributed by atoms with Crippen LogP contribution in [0.3, 0.4) is 0 Å². The van der Waals surface area contributed by atoms with Crippen LogP contribution in [0, 0.1) is 0 Å². The van der Waals surface area contributed by atoms with Crippen molar-refractivity contribution in [3.63, 3.8) is 0 Å². The molecule has 0 spiro atoms. The maximum atomic E-state index is 6.39. The lowest BCUT2D eigenvalue weighted by molar-refractivity contribution is 0.670. The molecule has 1 heteroatoms. The fraction of sp³-hybridized carbons (Fsp3) is 0. The Labute approximate surface area is 307 Å². The van der Waals surface area contributed by atoms with Crippen molar-refractivity contribution >= 4 is 65.0 Å². The number of hydrogen-bond donors (Lipinski definition) is 0. The van der Waals surface area contributed by atoms with Crippen LogP contribution in [0.4, 0.5) is 0 Å². The summed E-state index contributed by atoms with van der Waals surface area (Å²) in [6.45, 7) is 0. The number of para-hydroxylation sites is 2. The highest BCUT2D eigenvalue weighted by Crippen LogP contribution is 2.45. The quantitative estimate of drug-likeness (QED) is 0.170. The van der Waals surface area contributed by atoms with Gasteiger partial charge in [0.05, 0.1) is 0 Å². The standard InChI is InChI=1S/C52H32O/c1-2-13-40-33(11-1)12-9-19-41(40)34-23-25-35(26-24-34)50-44-15-3-5-17-46(44)51(47-18-6-4-16-45(47)50)39-30-28-36-31-38(29-27-37(36)32-39)42-20-10-21-48-43-14-7-8-22-49(43)53-52(42)48/h1-32H. The number of benzene rings is 10. The van der Waals surface area contributed by atoms with E-state index < -0.39 is 0 Å². The van der Waals surface area contributed by atoms with Crippen LogP contribution < -0.4 is 0 Å². The van der Waals surface area contributed by atoms with Crippen molar-refractivity contribution in [3.05, 3.63) is 194 Å². The van der Waals surface area contributed by atoms with Crippen LogP contribution in [0.1, 0.15) is 0 Å². The van der Waals surface area contributed by atoms with Gasteiger partial charge in [-0.15, -0.1) is 0 Å². The molecule has 0 amide bonds. The highest BCUT2D eigenvalue weighted by atomic mass is 16.3. The van der Waals surface area contributed by atoms with Crippen molar-refractivity contribution in [3.8, 4) is 44.5 Å². The van der Waals surface area contributed by atoms with Gasteiger partial charge in [-0.3, -0.25) is 0 Å². The second kappa shape index (κ2) is 11.8. The van der Waals surface area contributed by atoms with E-state index in [4.69, 9.17) is 4.42 Å². The Balaban J connectivity index is 1.04. The van der Waals surface area contributed by atoms with E-state index in [0.29, 0.717) is 0 Å². The highest BCUT2D eigenvalue weighted by molar-refractivity contribution is 6.22. The summed E-state index contributed by atoms with van der Waals surface area (Å²) in [5, 5.41) is 12.3. The number of rotatable bonds is 4. The van der Waals surface area contributed by atoms with Gasteiger partial charge in [0.2, 0.25) is 0 Å². The topological polar surface area (TPSA) is 13.1 Å². The summed E-state index contributed by atoms with van der Waals surface area (Å²) in [6, 6.07) is 70.6. The first-order chi connectivity index (χ1) is 26.3. The van der Waals surface area contributed by atoms with E-state index in [1.54, 1.807) is 0 Å². The molecule has 0 saturated heterocycles. The minimum Gasteiger partial charge on any atom is -0.455 e. The predicted octanol–water partition coefficient (Wildman–Crippen LogP) is 14.9. The highest BCUT2D eigenvalue weighted by Gasteiger charge is 2.18. The number of fused-ring (bicyclic) bond motifs is 7. The summed E-state index contributed by atoms with van der Waals surface area (Å²) >= 11 is 0. The largest absolute Gasteiger partial charge is 0.455 e. The molecule has 53 heavy (non-hydrogen) atoms. The molecule has 246 valence electrons. The molecule has 0 aliphatic rings. The molecule has 0 fully saturated rings. The Morgan fingerprint density at radius 3 is 1.45 bits per heavy atom. The minimum atomic E-state index is 0.920. The predicted molar refractivity (Wildman–Crippen MR) is 225 cm³/mol. The van der Waals surface area contributed by atoms with Gasteiger partial charge >= 0.3 is 0 Å². The van der Waals surface area contributed by atoms with Crippen molar-refractivity contribution in [2.75, 3.05) is 0 Å². The maximum absolute atomic E-state index is 6.39. The molecule has 11 rings (SSSR count). The molecule has 0 atom stereocenters. The molecule has 1 nitrogen and oxygen atoms in total. The van der Waals surface area contributed by atoms with Crippen molar-refractivity contribution in [1.82, 2.24) is 0 Å². The van der Waals surface area contributed by atoms with Gasteiger partial charge in [-0.05, 0) is 100 Å². The van der Waals surface area contributed by atoms with Crippen molar-refractivity contribution < 1.29 is 4.42 Å². The average molecular weight is 673 g/mol. The first kappa shape index (κ1) is 29.7. The van der Waals surface area contributed by atoms with Gasteiger partial charge < -0.3 is 4.42 Å². The summed E-state index contributed by atoms with van der Waals surface area (Å²) < 4.78 is 6.39. The maximum Gasteiger partial charge on any atom is 0.143 e. The summed E-state index contributed by atoms with van der Waals surface area (Å²) in [4.78, 5) is 0. The van der Waals surface area contributed by atoms with Crippen LogP contribution in [0.5, 0.6) is 0 Å². The Bertz CT molecular complexity index is 3150. The zero-order valence-corrected chi connectivity index (χ0v) is 28.9. The molecule has 0 saturated carbocycles. The summed E-state index contributed by atoms with van der Waals surface area (Å²) in [5.74, 6) is 0. The van der Waals surface area contributed by atoms with E-state index in [9.17, 15) is 0 Å². The Morgan fingerprint density at radius 1 is 0.264 bits per heavy atom. The average Bonchev–Trinajstić information content (AvgIpc) is 3.61. The molecule has 11 aromatic rings. The Hall–Kier alpha value is -6.96. The third-order valence-corrected chi connectivity index (χ3v) is 11.0. The molecule has 0 unspecified atom stereocenters. The second-order valence-corrected chi connectivity index (χ2v) is 14.0. The Morgan fingerprint density at radius 2 is 0.736 bits per heavy atom. The van der Waals surface area contributed by atoms with Crippen LogP contribution in [0.15, 0.2) is 199 Å². The van der Waals surface area contributed by atoms with Crippen LogP contribution in [-0.2, 0) is 0 Å². The van der Waals surface area contributed by atoms with Crippen LogP contribution >= 0.6 is 0 Å². The molecule has 0 N–H and O–H groups in total. The first-order valence-corrected chi connectivity index (χ1v) is 18.3. The van der Waals surface area contributed by atoms with Crippen LogP contribution in [-0.4, -0.2) is 0 Å². The van der Waals surface area contributed by atoms with E-state index in [-0.39, 0.29) is 0 Å². The van der Waals surface area contributed by atoms with Gasteiger partial charge in [0, 0.05) is 16.3 Å². The fourth-order valence-electron chi connectivity index (χ4n) is 8.59. The summed E-state index contributed by atoms with van der Waals surface area (Å²) in [6.07, 6.45) is 0. The minimum absolute atomic E-state index is 0.920. The van der Waals surface area contributed by atoms with Gasteiger partial charge in [0.25, 0.3) is 0 Å². The van der Waals surface area contributed by atoms with Gasteiger partial charge in [0.15, 0.2) is 0 Å². The normalized spacial score (nSPS) is 11.8. The van der Waals surface area contributed by atoms with E-state index >= 15 is 0 Å². The molecule has 0 bridgehead atoms. The van der Waals surface area contributed by atoms with E-state index in [1.807, 2.05) is 12.1 Å². The molecular formula is C52H32O. The SMILES string of the molecule is c1ccc2c(-c3ccc(-c4c5ccccc5c(-c5ccc6cc(-c7cccc8c7oc7ccccc78)ccc6c5)c5ccccc45)cc3)cccc2c1. The number of hydrogen-bond acceptors (Lipinski definition) is 1. The molecule has 0 aliphatic heterocycles. The molecular weight excluding hydrogens is 641 g/mol. The number of furan rings is 1. The van der Waals surface area contributed by atoms with Gasteiger partial charge in [-0.25, -0.2) is 0 Å². The molecule has 0 radical (unpaired) electrons. The summed E-state index contributed by atoms with van der Waals surface area (Å²) in [5.41, 5.74) is 11.6. The zero-order valence-electron chi connectivity index (χ0n) is 28.9. The van der Waals surface area contributed by atoms with E-state index in [2.05, 4.69) is 182 Å². The third kappa shape index (κ3) is 4.71. The van der Waals surface area contributed by atoms with Gasteiger partial charge in [-0.2, -0.15) is 0 Å². The van der Waals surface area contributed by atoms with Crippen molar-refractivity contribution in [2.24, 2.45) is 0 Å². The Kier molecular flexibility index (Phi) is 6.62. The monoisotopic (exact) mass is 672 g/mol. The van der Waals surface area contributed by atoms with Crippen molar-refractivity contribution in [1.29, 1.82) is 0 Å². The molecule has 1 heterocycles. The third-order valence-electron chi connectivity index (χ3n) is 11.0. The van der Waals surface area contributed by atoms with E-state index in [0.717, 1.165) is 33.1 Å². The van der Waals surface area contributed by atoms with Crippen molar-refractivity contribution in [2.45, 2.75) is 0 Å². The lowest BCUT2D eigenvalue weighted by Crippen LogP contribution is -1.91. The lowest BCUT2D eigenvalue weighted by Gasteiger charge is -2.18. The second-order valence-electron chi connectivity index (χ2n) is 14.0. The lowest BCUT2D eigenvalue weighted by atomic mass is 9.85. The molecule has 1 aromatic heterocycles. The first-order valence-electron chi connectivity index (χ1n) is 18.3. The van der Waals surface area contributed by atoms with Crippen LogP contribution in [0.25, 0.3) is 110 Å². The van der Waals surface area contributed by atoms with Crippen LogP contribution in [0.2, 0.25) is 0 Å². The molecule has 10 aromatic carbocycles. The molecule has 0 aliphatic carbocycles. The smallest absolute Gasteiger partial charge is 0.143 e. The summed E-state index contributed by atoms with van der Waals surface area (Å²) in [7, 11) is 0. The van der Waals surface area contributed by atoms with Gasteiger partial charge in [-0.1, -0.05) is 176 Å². The van der Waals surface area contributed by atoms with Gasteiger partial charge in [0.1, 0.15) is 11.2 Å². The van der Waals surface area contributed by atoms with E-state index in [1.165, 1.54) is 76.5 Å². The fourth-order valence-corrected chi connectivity index (χ4v) is 8.59. The zero-order chi connectivity index (χ0) is 34.9.